The van der Waals surface area contributed by atoms with E-state index in [1.165, 1.54) is 6.07 Å². The van der Waals surface area contributed by atoms with Crippen molar-refractivity contribution < 1.29 is 8.78 Å². The lowest BCUT2D eigenvalue weighted by molar-refractivity contribution is 0.503. The molecule has 0 aliphatic carbocycles. The minimum absolute atomic E-state index is 0.217. The van der Waals surface area contributed by atoms with Gasteiger partial charge in [-0.05, 0) is 77.0 Å². The molecule has 2 aromatic rings. The Kier molecular flexibility index (Phi) is 5.96. The van der Waals surface area contributed by atoms with Gasteiger partial charge in [0, 0.05) is 8.59 Å². The quantitative estimate of drug-likeness (QED) is 0.645. The van der Waals surface area contributed by atoms with E-state index in [1.54, 1.807) is 6.07 Å². The highest BCUT2D eigenvalue weighted by atomic mass is 127. The van der Waals surface area contributed by atoms with Crippen LogP contribution >= 0.6 is 34.2 Å². The normalized spacial score (nSPS) is 12.4. The Morgan fingerprint density at radius 1 is 1.14 bits per heavy atom. The van der Waals surface area contributed by atoms with Crippen LogP contribution in [0, 0.1) is 15.2 Å². The second-order valence-corrected chi connectivity index (χ2v) is 6.33. The lowest BCUT2D eigenvalue weighted by Crippen LogP contribution is -2.24. The summed E-state index contributed by atoms with van der Waals surface area (Å²) in [6.07, 6.45) is 0.942. The van der Waals surface area contributed by atoms with E-state index in [1.807, 2.05) is 18.2 Å². The standard InChI is InChI=1S/C16H15ClF2IN/c1-2-7-21-16(10-3-5-13(18)14(19)8-10)12-9-11(17)4-6-15(12)20/h3-6,8-9,16,21H,2,7H2,1H3. The third kappa shape index (κ3) is 4.14. The molecule has 0 aliphatic rings. The maximum Gasteiger partial charge on any atom is 0.159 e. The number of benzene rings is 2. The van der Waals surface area contributed by atoms with Gasteiger partial charge in [0.15, 0.2) is 11.6 Å². The monoisotopic (exact) mass is 421 g/mol. The lowest BCUT2D eigenvalue weighted by atomic mass is 9.98. The fraction of sp³-hybridized carbons (Fsp3) is 0.250. The zero-order valence-corrected chi connectivity index (χ0v) is 14.4. The van der Waals surface area contributed by atoms with Gasteiger partial charge in [-0.2, -0.15) is 0 Å². The number of rotatable bonds is 5. The van der Waals surface area contributed by atoms with Crippen LogP contribution in [0.25, 0.3) is 0 Å². The van der Waals surface area contributed by atoms with Crippen molar-refractivity contribution in [1.29, 1.82) is 0 Å². The third-order valence-corrected chi connectivity index (χ3v) is 4.36. The van der Waals surface area contributed by atoms with Gasteiger partial charge >= 0.3 is 0 Å². The third-order valence-electron chi connectivity index (χ3n) is 3.14. The molecule has 1 atom stereocenters. The van der Waals surface area contributed by atoms with Gasteiger partial charge in [0.05, 0.1) is 6.04 Å². The fourth-order valence-corrected chi connectivity index (χ4v) is 2.95. The second kappa shape index (κ2) is 7.51. The van der Waals surface area contributed by atoms with Crippen molar-refractivity contribution in [1.82, 2.24) is 5.32 Å². The molecule has 112 valence electrons. The summed E-state index contributed by atoms with van der Waals surface area (Å²) in [6.45, 7) is 2.82. The number of halogens is 4. The maximum atomic E-state index is 13.5. The molecule has 2 aromatic carbocycles. The first-order chi connectivity index (χ1) is 10.0. The molecule has 21 heavy (non-hydrogen) atoms. The Bertz CT molecular complexity index is 634. The SMILES string of the molecule is CCCNC(c1ccc(F)c(F)c1)c1cc(Cl)ccc1I. The minimum Gasteiger partial charge on any atom is -0.306 e. The second-order valence-electron chi connectivity index (χ2n) is 4.73. The molecule has 0 aromatic heterocycles. The van der Waals surface area contributed by atoms with Gasteiger partial charge in [-0.15, -0.1) is 0 Å². The molecular weight excluding hydrogens is 407 g/mol. The summed E-state index contributed by atoms with van der Waals surface area (Å²) in [7, 11) is 0. The molecule has 0 radical (unpaired) electrons. The first-order valence-corrected chi connectivity index (χ1v) is 8.12. The average molecular weight is 422 g/mol. The zero-order chi connectivity index (χ0) is 15.4. The maximum absolute atomic E-state index is 13.5. The van der Waals surface area contributed by atoms with Gasteiger partial charge in [0.2, 0.25) is 0 Å². The van der Waals surface area contributed by atoms with E-state index in [-0.39, 0.29) is 6.04 Å². The minimum atomic E-state index is -0.840. The molecule has 1 nitrogen and oxygen atoms in total. The Morgan fingerprint density at radius 2 is 1.90 bits per heavy atom. The summed E-state index contributed by atoms with van der Waals surface area (Å²) in [5.74, 6) is -1.68. The van der Waals surface area contributed by atoms with Crippen LogP contribution < -0.4 is 5.32 Å². The molecule has 0 amide bonds. The smallest absolute Gasteiger partial charge is 0.159 e. The van der Waals surface area contributed by atoms with Crippen molar-refractivity contribution in [3.05, 3.63) is 67.8 Å². The van der Waals surface area contributed by atoms with E-state index in [9.17, 15) is 8.78 Å². The van der Waals surface area contributed by atoms with E-state index in [4.69, 9.17) is 11.6 Å². The molecule has 1 unspecified atom stereocenters. The van der Waals surface area contributed by atoms with E-state index in [2.05, 4.69) is 34.8 Å². The molecule has 0 saturated carbocycles. The summed E-state index contributed by atoms with van der Waals surface area (Å²) in [5, 5.41) is 3.99. The first kappa shape index (κ1) is 16.6. The summed E-state index contributed by atoms with van der Waals surface area (Å²) in [6, 6.07) is 9.36. The molecule has 5 heteroatoms. The van der Waals surface area contributed by atoms with Crippen LogP contribution in [0.3, 0.4) is 0 Å². The van der Waals surface area contributed by atoms with E-state index < -0.39 is 11.6 Å². The van der Waals surface area contributed by atoms with Crippen LogP contribution in [-0.2, 0) is 0 Å². The first-order valence-electron chi connectivity index (χ1n) is 6.66. The molecule has 0 spiro atoms. The molecule has 2 rings (SSSR count). The van der Waals surface area contributed by atoms with E-state index in [0.717, 1.165) is 28.2 Å². The van der Waals surface area contributed by atoms with Crippen LogP contribution in [0.15, 0.2) is 36.4 Å². The topological polar surface area (TPSA) is 12.0 Å². The molecule has 0 saturated heterocycles. The number of hydrogen-bond donors (Lipinski definition) is 1. The average Bonchev–Trinajstić information content (AvgIpc) is 2.46. The summed E-state index contributed by atoms with van der Waals surface area (Å²) in [4.78, 5) is 0. The van der Waals surface area contributed by atoms with Gasteiger partial charge in [0.1, 0.15) is 0 Å². The predicted octanol–water partition coefficient (Wildman–Crippen LogP) is 5.31. The lowest BCUT2D eigenvalue weighted by Gasteiger charge is -2.21. The zero-order valence-electron chi connectivity index (χ0n) is 11.5. The number of hydrogen-bond acceptors (Lipinski definition) is 1. The van der Waals surface area contributed by atoms with Crippen molar-refractivity contribution in [2.24, 2.45) is 0 Å². The van der Waals surface area contributed by atoms with Crippen LogP contribution in [0.5, 0.6) is 0 Å². The highest BCUT2D eigenvalue weighted by molar-refractivity contribution is 14.1. The molecular formula is C16H15ClF2IN. The summed E-state index contributed by atoms with van der Waals surface area (Å²) >= 11 is 8.29. The van der Waals surface area contributed by atoms with Gasteiger partial charge in [0.25, 0.3) is 0 Å². The van der Waals surface area contributed by atoms with Crippen LogP contribution in [0.2, 0.25) is 5.02 Å². The predicted molar refractivity (Wildman–Crippen MR) is 90.7 cm³/mol. The van der Waals surface area contributed by atoms with Crippen molar-refractivity contribution in [3.63, 3.8) is 0 Å². The largest absolute Gasteiger partial charge is 0.306 e. The van der Waals surface area contributed by atoms with Crippen molar-refractivity contribution in [3.8, 4) is 0 Å². The van der Waals surface area contributed by atoms with Gasteiger partial charge in [-0.25, -0.2) is 8.78 Å². The van der Waals surface area contributed by atoms with E-state index >= 15 is 0 Å². The van der Waals surface area contributed by atoms with Crippen molar-refractivity contribution in [2.75, 3.05) is 6.54 Å². The van der Waals surface area contributed by atoms with Gasteiger partial charge < -0.3 is 5.32 Å². The van der Waals surface area contributed by atoms with Gasteiger partial charge in [-0.3, -0.25) is 0 Å². The molecule has 0 aliphatic heterocycles. The van der Waals surface area contributed by atoms with Gasteiger partial charge in [-0.1, -0.05) is 24.6 Å². The van der Waals surface area contributed by atoms with Crippen molar-refractivity contribution in [2.45, 2.75) is 19.4 Å². The number of nitrogens with one attached hydrogen (secondary N) is 1. The van der Waals surface area contributed by atoms with E-state index in [0.29, 0.717) is 10.6 Å². The van der Waals surface area contributed by atoms with Crippen LogP contribution in [0.1, 0.15) is 30.5 Å². The van der Waals surface area contributed by atoms with Crippen LogP contribution in [-0.4, -0.2) is 6.54 Å². The van der Waals surface area contributed by atoms with Crippen molar-refractivity contribution >= 4 is 34.2 Å². The molecule has 0 fully saturated rings. The summed E-state index contributed by atoms with van der Waals surface area (Å²) in [5.41, 5.74) is 1.64. The highest BCUT2D eigenvalue weighted by Crippen LogP contribution is 2.29. The Hall–Kier alpha value is -0.720. The molecule has 0 bridgehead atoms. The highest BCUT2D eigenvalue weighted by Gasteiger charge is 2.18. The Morgan fingerprint density at radius 3 is 2.57 bits per heavy atom. The fourth-order valence-electron chi connectivity index (χ4n) is 2.12. The summed E-state index contributed by atoms with van der Waals surface area (Å²) < 4.78 is 27.7. The Balaban J connectivity index is 2.46. The van der Waals surface area contributed by atoms with Crippen LogP contribution in [0.4, 0.5) is 8.78 Å². The molecule has 1 N–H and O–H groups in total. The Labute approximate surface area is 141 Å². The molecule has 0 heterocycles.